The Labute approximate surface area is 99.3 Å². The van der Waals surface area contributed by atoms with Crippen LogP contribution >= 0.6 is 0 Å². The van der Waals surface area contributed by atoms with Crippen LogP contribution in [-0.2, 0) is 6.42 Å². The van der Waals surface area contributed by atoms with Crippen molar-refractivity contribution in [1.29, 1.82) is 0 Å². The highest BCUT2D eigenvalue weighted by atomic mass is 19.2. The molecular formula is C12H15BF2N2. The number of rotatable bonds is 0. The molecule has 2 aliphatic rings. The first kappa shape index (κ1) is 10.7. The highest BCUT2D eigenvalue weighted by Gasteiger charge is 2.54. The third-order valence-corrected chi connectivity index (χ3v) is 3.96. The zero-order valence-corrected chi connectivity index (χ0v) is 10.2. The minimum Gasteiger partial charge on any atom is -0.398 e. The topological polar surface area (TPSA) is 7.94 Å². The fourth-order valence-electron chi connectivity index (χ4n) is 3.22. The van der Waals surface area contributed by atoms with Crippen molar-refractivity contribution >= 4 is 12.7 Å². The molecule has 3 heterocycles. The van der Waals surface area contributed by atoms with Crippen molar-refractivity contribution in [2.75, 3.05) is 0 Å². The molecule has 1 aromatic heterocycles. The Kier molecular flexibility index (Phi) is 1.95. The largest absolute Gasteiger partial charge is 0.732 e. The molecule has 0 fully saturated rings. The summed E-state index contributed by atoms with van der Waals surface area (Å²) < 4.78 is 31.7. The third kappa shape index (κ3) is 1.22. The summed E-state index contributed by atoms with van der Waals surface area (Å²) in [6.45, 7) is 1.76. The Morgan fingerprint density at radius 2 is 2.00 bits per heavy atom. The van der Waals surface area contributed by atoms with Crippen LogP contribution in [0.25, 0.3) is 0 Å². The van der Waals surface area contributed by atoms with Gasteiger partial charge in [0.25, 0.3) is 0 Å². The van der Waals surface area contributed by atoms with Crippen LogP contribution in [0.15, 0.2) is 23.8 Å². The van der Waals surface area contributed by atoms with Crippen molar-refractivity contribution in [1.82, 2.24) is 4.48 Å². The number of aromatic nitrogens is 1. The van der Waals surface area contributed by atoms with Gasteiger partial charge in [-0.05, 0) is 42.9 Å². The van der Waals surface area contributed by atoms with Crippen molar-refractivity contribution in [2.24, 2.45) is 0 Å². The van der Waals surface area contributed by atoms with E-state index >= 15 is 0 Å². The van der Waals surface area contributed by atoms with E-state index in [1.807, 2.05) is 19.1 Å². The molecule has 0 saturated heterocycles. The Morgan fingerprint density at radius 3 is 2.71 bits per heavy atom. The van der Waals surface area contributed by atoms with E-state index in [1.165, 1.54) is 8.96 Å². The fraction of sp³-hybridized carbons (Fsp3) is 0.417. The molecule has 0 aromatic carbocycles. The van der Waals surface area contributed by atoms with Crippen molar-refractivity contribution in [3.05, 3.63) is 35.2 Å². The first-order valence-corrected chi connectivity index (χ1v) is 5.92. The third-order valence-electron chi connectivity index (χ3n) is 3.96. The standard InChI is InChI=1S/C12H15BF2N2/c1-8-6-10(3)17-12(8)7-11-5-4-9(2)16(11)13(17,14)15/h4-6,12H,7H2,1-3H3. The van der Waals surface area contributed by atoms with Gasteiger partial charge in [-0.15, -0.1) is 0 Å². The summed E-state index contributed by atoms with van der Waals surface area (Å²) in [5, 5.41) is 0. The van der Waals surface area contributed by atoms with Gasteiger partial charge in [-0.1, -0.05) is 0 Å². The second-order valence-electron chi connectivity index (χ2n) is 5.08. The minimum absolute atomic E-state index is 0.160. The first-order chi connectivity index (χ1) is 7.93. The summed E-state index contributed by atoms with van der Waals surface area (Å²) in [5.74, 6) is 0. The average molecular weight is 236 g/mol. The maximum Gasteiger partial charge on any atom is 0.732 e. The van der Waals surface area contributed by atoms with Crippen molar-refractivity contribution in [3.63, 3.8) is 0 Å². The molecule has 1 unspecified atom stereocenters. The lowest BCUT2D eigenvalue weighted by molar-refractivity contribution is -0.459. The highest BCUT2D eigenvalue weighted by molar-refractivity contribution is 6.57. The average Bonchev–Trinajstić information content (AvgIpc) is 2.70. The van der Waals surface area contributed by atoms with Gasteiger partial charge in [0.2, 0.25) is 0 Å². The molecule has 0 N–H and O–H groups in total. The predicted octanol–water partition coefficient (Wildman–Crippen LogP) is 2.38. The fourth-order valence-corrected chi connectivity index (χ4v) is 3.22. The van der Waals surface area contributed by atoms with Crippen LogP contribution in [0.2, 0.25) is 0 Å². The van der Waals surface area contributed by atoms with Gasteiger partial charge in [-0.2, -0.15) is 0 Å². The number of aryl methyl sites for hydroxylation is 1. The number of fused-ring (bicyclic) bond motifs is 2. The molecule has 0 aliphatic carbocycles. The molecule has 2 aliphatic heterocycles. The Hall–Kier alpha value is -1.39. The normalized spacial score (nSPS) is 25.7. The predicted molar refractivity (Wildman–Crippen MR) is 64.7 cm³/mol. The van der Waals surface area contributed by atoms with E-state index < -0.39 is 6.97 Å². The molecule has 0 amide bonds. The van der Waals surface area contributed by atoms with E-state index in [-0.39, 0.29) is 6.04 Å². The van der Waals surface area contributed by atoms with Gasteiger partial charge in [-0.3, -0.25) is 0 Å². The molecule has 90 valence electrons. The summed E-state index contributed by atoms with van der Waals surface area (Å²) >= 11 is 0. The quantitative estimate of drug-likeness (QED) is 0.611. The van der Waals surface area contributed by atoms with Crippen LogP contribution in [0.3, 0.4) is 0 Å². The van der Waals surface area contributed by atoms with E-state index in [2.05, 4.69) is 0 Å². The van der Waals surface area contributed by atoms with Crippen molar-refractivity contribution in [2.45, 2.75) is 33.2 Å². The zero-order chi connectivity index (χ0) is 12.4. The van der Waals surface area contributed by atoms with Crippen molar-refractivity contribution < 1.29 is 13.1 Å². The van der Waals surface area contributed by atoms with E-state index in [9.17, 15) is 8.63 Å². The number of allylic oxidation sites excluding steroid dienone is 1. The summed E-state index contributed by atoms with van der Waals surface area (Å²) in [5.41, 5.74) is 3.10. The van der Waals surface area contributed by atoms with E-state index in [0.29, 0.717) is 17.8 Å². The lowest BCUT2D eigenvalue weighted by Gasteiger charge is -2.35. The molecule has 1 aromatic rings. The minimum atomic E-state index is -3.68. The second kappa shape index (κ2) is 3.09. The van der Waals surface area contributed by atoms with Crippen LogP contribution in [0.5, 0.6) is 0 Å². The first-order valence-electron chi connectivity index (χ1n) is 5.92. The van der Waals surface area contributed by atoms with E-state index in [0.717, 1.165) is 11.3 Å². The lowest BCUT2D eigenvalue weighted by atomic mass is 9.85. The second-order valence-corrected chi connectivity index (χ2v) is 5.08. The van der Waals surface area contributed by atoms with Crippen LogP contribution in [0.4, 0.5) is 8.63 Å². The molecule has 0 bridgehead atoms. The maximum atomic E-state index is 14.6. The Morgan fingerprint density at radius 1 is 1.29 bits per heavy atom. The Bertz CT molecular complexity index is 569. The summed E-state index contributed by atoms with van der Waals surface area (Å²) in [6.07, 6.45) is 2.55. The number of hydrogen-bond acceptors (Lipinski definition) is 0. The molecule has 3 rings (SSSR count). The molecule has 1 atom stereocenters. The SMILES string of the molecule is CC1=CC(C)=[N+]2C1Cc1ccc(C)n1[B-]2(F)F. The van der Waals surface area contributed by atoms with Crippen LogP contribution < -0.4 is 0 Å². The monoisotopic (exact) mass is 236 g/mol. The number of nitrogens with zero attached hydrogens (tertiary/aromatic N) is 2. The van der Waals surface area contributed by atoms with Gasteiger partial charge >= 0.3 is 6.97 Å². The molecule has 0 saturated carbocycles. The highest BCUT2D eigenvalue weighted by Crippen LogP contribution is 2.33. The van der Waals surface area contributed by atoms with Gasteiger partial charge in [0.1, 0.15) is 11.8 Å². The van der Waals surface area contributed by atoms with Crippen molar-refractivity contribution in [3.8, 4) is 0 Å². The van der Waals surface area contributed by atoms with Gasteiger partial charge in [0.05, 0.1) is 0 Å². The van der Waals surface area contributed by atoms with Gasteiger partial charge in [0.15, 0.2) is 0 Å². The number of halogens is 2. The maximum absolute atomic E-state index is 14.6. The Balaban J connectivity index is 2.26. The smallest absolute Gasteiger partial charge is 0.398 e. The summed E-state index contributed by atoms with van der Waals surface area (Å²) in [4.78, 5) is 0. The van der Waals surface area contributed by atoms with Gasteiger partial charge in [0, 0.05) is 19.4 Å². The van der Waals surface area contributed by atoms with Crippen LogP contribution in [0.1, 0.15) is 25.2 Å². The summed E-state index contributed by atoms with van der Waals surface area (Å²) in [6, 6.07) is 3.44. The molecular weight excluding hydrogens is 221 g/mol. The molecule has 2 nitrogen and oxygen atoms in total. The lowest BCUT2D eigenvalue weighted by Crippen LogP contribution is -2.57. The van der Waals surface area contributed by atoms with Gasteiger partial charge in [-0.25, -0.2) is 0 Å². The van der Waals surface area contributed by atoms with Gasteiger partial charge < -0.3 is 17.6 Å². The molecule has 17 heavy (non-hydrogen) atoms. The van der Waals surface area contributed by atoms with Crippen LogP contribution in [-0.4, -0.2) is 27.7 Å². The van der Waals surface area contributed by atoms with E-state index in [1.54, 1.807) is 19.9 Å². The van der Waals surface area contributed by atoms with Crippen LogP contribution in [0, 0.1) is 6.92 Å². The number of hydrogen-bond donors (Lipinski definition) is 0. The molecule has 0 radical (unpaired) electrons. The molecule has 5 heteroatoms. The molecule has 0 spiro atoms. The summed E-state index contributed by atoms with van der Waals surface area (Å²) in [7, 11) is 0. The zero-order valence-electron chi connectivity index (χ0n) is 10.2. The van der Waals surface area contributed by atoms with E-state index in [4.69, 9.17) is 0 Å².